The summed E-state index contributed by atoms with van der Waals surface area (Å²) in [5.74, 6) is 0. The Morgan fingerprint density at radius 3 is 2.05 bits per heavy atom. The maximum Gasteiger partial charge on any atom is 0.0636 e. The highest BCUT2D eigenvalue weighted by Crippen LogP contribution is 2.21. The number of aliphatic hydroxyl groups is 3. The van der Waals surface area contributed by atoms with E-state index in [0.29, 0.717) is 32.5 Å². The van der Waals surface area contributed by atoms with E-state index in [9.17, 15) is 15.3 Å². The topological polar surface area (TPSA) is 98.7 Å². The van der Waals surface area contributed by atoms with E-state index in [4.69, 9.17) is 5.73 Å². The Hall–Kier alpha value is -0.980. The van der Waals surface area contributed by atoms with E-state index in [0.717, 1.165) is 22.3 Å². The van der Waals surface area contributed by atoms with Crippen LogP contribution in [0.25, 0.3) is 0 Å². The monoisotopic (exact) mass is 310 g/mol. The normalized spacial score (nSPS) is 15.6. The summed E-state index contributed by atoms with van der Waals surface area (Å²) in [6.07, 6.45) is -0.136. The van der Waals surface area contributed by atoms with Gasteiger partial charge in [-0.1, -0.05) is 12.1 Å². The number of benzene rings is 1. The minimum absolute atomic E-state index is 0.402. The molecule has 0 heterocycles. The van der Waals surface area contributed by atoms with E-state index in [1.165, 1.54) is 0 Å². The highest BCUT2D eigenvalue weighted by Gasteiger charge is 2.13. The van der Waals surface area contributed by atoms with Crippen LogP contribution in [0, 0.1) is 0 Å². The number of hydrogen-bond acceptors (Lipinski definition) is 5. The molecule has 0 saturated carbocycles. The first-order valence-electron chi connectivity index (χ1n) is 7.92. The molecule has 0 aromatic heterocycles. The highest BCUT2D eigenvalue weighted by atomic mass is 16.3. The van der Waals surface area contributed by atoms with E-state index in [1.54, 1.807) is 20.8 Å². The van der Waals surface area contributed by atoms with Crippen LogP contribution < -0.4 is 11.1 Å². The maximum absolute atomic E-state index is 9.74. The van der Waals surface area contributed by atoms with Gasteiger partial charge < -0.3 is 26.4 Å². The molecule has 0 saturated heterocycles. The van der Waals surface area contributed by atoms with Gasteiger partial charge in [-0.25, -0.2) is 0 Å². The molecule has 0 bridgehead atoms. The molecule has 0 aliphatic heterocycles. The van der Waals surface area contributed by atoms with Crippen LogP contribution in [0.3, 0.4) is 0 Å². The molecule has 0 fully saturated rings. The number of rotatable bonds is 9. The molecule has 3 unspecified atom stereocenters. The first-order chi connectivity index (χ1) is 10.3. The van der Waals surface area contributed by atoms with Gasteiger partial charge >= 0.3 is 0 Å². The summed E-state index contributed by atoms with van der Waals surface area (Å²) in [4.78, 5) is 0. The molecule has 1 rings (SSSR count). The summed E-state index contributed by atoms with van der Waals surface area (Å²) in [5.41, 5.74) is 10.0. The van der Waals surface area contributed by atoms with Crippen LogP contribution >= 0.6 is 0 Å². The highest BCUT2D eigenvalue weighted by molar-refractivity contribution is 5.40. The second-order valence-corrected chi connectivity index (χ2v) is 6.18. The Labute approximate surface area is 133 Å². The number of aliphatic hydroxyl groups excluding tert-OH is 3. The predicted octanol–water partition coefficient (Wildman–Crippen LogP) is 0.462. The van der Waals surface area contributed by atoms with E-state index in [2.05, 4.69) is 11.4 Å². The third kappa shape index (κ3) is 6.42. The largest absolute Gasteiger partial charge is 0.393 e. The van der Waals surface area contributed by atoms with Crippen LogP contribution in [0.4, 0.5) is 0 Å². The van der Waals surface area contributed by atoms with E-state index in [-0.39, 0.29) is 0 Å². The lowest BCUT2D eigenvalue weighted by atomic mass is 9.92. The molecule has 1 aromatic rings. The molecule has 5 heteroatoms. The molecule has 0 radical (unpaired) electrons. The van der Waals surface area contributed by atoms with Crippen LogP contribution in [0.2, 0.25) is 0 Å². The Morgan fingerprint density at radius 2 is 1.55 bits per heavy atom. The lowest BCUT2D eigenvalue weighted by Gasteiger charge is -2.19. The van der Waals surface area contributed by atoms with Crippen molar-refractivity contribution in [2.45, 2.75) is 65.0 Å². The van der Waals surface area contributed by atoms with Gasteiger partial charge in [0, 0.05) is 19.6 Å². The van der Waals surface area contributed by atoms with Crippen LogP contribution in [0.5, 0.6) is 0 Å². The standard InChI is InChI=1S/C17H30N2O3/c1-11(20)4-14-6-15(8-18)17(5-12(2)21)16(7-14)10-19-9-13(3)22/h6-7,11-13,19-22H,4-5,8-10,18H2,1-3H3. The fourth-order valence-corrected chi connectivity index (χ4v) is 2.64. The molecule has 3 atom stereocenters. The SMILES string of the molecule is CC(O)CNCc1cc(CC(C)O)cc(CN)c1CC(C)O. The van der Waals surface area contributed by atoms with E-state index < -0.39 is 18.3 Å². The van der Waals surface area contributed by atoms with Crippen molar-refractivity contribution in [1.82, 2.24) is 5.32 Å². The minimum Gasteiger partial charge on any atom is -0.393 e. The van der Waals surface area contributed by atoms with Gasteiger partial charge in [0.1, 0.15) is 0 Å². The molecule has 6 N–H and O–H groups in total. The fraction of sp³-hybridized carbons (Fsp3) is 0.647. The summed E-state index contributed by atoms with van der Waals surface area (Å²) >= 11 is 0. The Balaban J connectivity index is 3.08. The summed E-state index contributed by atoms with van der Waals surface area (Å²) in [6.45, 7) is 6.77. The smallest absolute Gasteiger partial charge is 0.0636 e. The molecular weight excluding hydrogens is 280 g/mol. The number of hydrogen-bond donors (Lipinski definition) is 5. The van der Waals surface area contributed by atoms with Crippen molar-refractivity contribution in [3.63, 3.8) is 0 Å². The molecular formula is C17H30N2O3. The second-order valence-electron chi connectivity index (χ2n) is 6.18. The van der Waals surface area contributed by atoms with Gasteiger partial charge in [0.25, 0.3) is 0 Å². The van der Waals surface area contributed by atoms with Gasteiger partial charge in [0.05, 0.1) is 18.3 Å². The Morgan fingerprint density at radius 1 is 0.955 bits per heavy atom. The van der Waals surface area contributed by atoms with Gasteiger partial charge in [-0.3, -0.25) is 0 Å². The van der Waals surface area contributed by atoms with Gasteiger partial charge in [-0.05, 0) is 55.9 Å². The van der Waals surface area contributed by atoms with Crippen molar-refractivity contribution in [3.8, 4) is 0 Å². The van der Waals surface area contributed by atoms with Crippen LogP contribution in [-0.2, 0) is 25.9 Å². The predicted molar refractivity (Wildman–Crippen MR) is 88.5 cm³/mol. The van der Waals surface area contributed by atoms with Gasteiger partial charge in [0.2, 0.25) is 0 Å². The molecule has 5 nitrogen and oxygen atoms in total. The second kappa shape index (κ2) is 9.22. The Kier molecular flexibility index (Phi) is 8.00. The fourth-order valence-electron chi connectivity index (χ4n) is 2.64. The summed E-state index contributed by atoms with van der Waals surface area (Å²) in [6, 6.07) is 4.07. The summed E-state index contributed by atoms with van der Waals surface area (Å²) in [5, 5.41) is 31.9. The third-order valence-electron chi connectivity index (χ3n) is 3.50. The van der Waals surface area contributed by atoms with Gasteiger partial charge in [-0.15, -0.1) is 0 Å². The molecule has 0 aliphatic carbocycles. The first kappa shape index (κ1) is 19.1. The zero-order valence-electron chi connectivity index (χ0n) is 13.8. The van der Waals surface area contributed by atoms with Crippen LogP contribution in [-0.4, -0.2) is 40.2 Å². The van der Waals surface area contributed by atoms with Gasteiger partial charge in [-0.2, -0.15) is 0 Å². The van der Waals surface area contributed by atoms with Crippen molar-refractivity contribution in [2.24, 2.45) is 5.73 Å². The zero-order chi connectivity index (χ0) is 16.7. The van der Waals surface area contributed by atoms with Crippen molar-refractivity contribution in [1.29, 1.82) is 0 Å². The van der Waals surface area contributed by atoms with Crippen LogP contribution in [0.15, 0.2) is 12.1 Å². The lowest BCUT2D eigenvalue weighted by molar-refractivity contribution is 0.189. The lowest BCUT2D eigenvalue weighted by Crippen LogP contribution is -2.25. The average Bonchev–Trinajstić information content (AvgIpc) is 2.39. The van der Waals surface area contributed by atoms with E-state index in [1.807, 2.05) is 6.07 Å². The third-order valence-corrected chi connectivity index (χ3v) is 3.50. The molecule has 0 aliphatic rings. The van der Waals surface area contributed by atoms with Crippen LogP contribution in [0.1, 0.15) is 43.0 Å². The maximum atomic E-state index is 9.74. The number of nitrogens with one attached hydrogen (secondary N) is 1. The Bertz CT molecular complexity index is 459. The van der Waals surface area contributed by atoms with Crippen molar-refractivity contribution in [2.75, 3.05) is 6.54 Å². The van der Waals surface area contributed by atoms with Crippen molar-refractivity contribution in [3.05, 3.63) is 34.4 Å². The van der Waals surface area contributed by atoms with Crippen molar-refractivity contribution >= 4 is 0 Å². The quantitative estimate of drug-likeness (QED) is 0.456. The van der Waals surface area contributed by atoms with E-state index >= 15 is 0 Å². The minimum atomic E-state index is -0.441. The molecule has 0 amide bonds. The molecule has 22 heavy (non-hydrogen) atoms. The molecule has 1 aromatic carbocycles. The summed E-state index contributed by atoms with van der Waals surface area (Å²) in [7, 11) is 0. The number of nitrogens with two attached hydrogens (primary N) is 1. The van der Waals surface area contributed by atoms with Crippen molar-refractivity contribution < 1.29 is 15.3 Å². The van der Waals surface area contributed by atoms with Gasteiger partial charge in [0.15, 0.2) is 0 Å². The first-order valence-corrected chi connectivity index (χ1v) is 7.92. The zero-order valence-corrected chi connectivity index (χ0v) is 13.8. The molecule has 0 spiro atoms. The molecule has 126 valence electrons. The summed E-state index contributed by atoms with van der Waals surface area (Å²) < 4.78 is 0. The average molecular weight is 310 g/mol.